The van der Waals surface area contributed by atoms with Crippen molar-refractivity contribution in [2.45, 2.75) is 102 Å². The van der Waals surface area contributed by atoms with Gasteiger partial charge in [0.2, 0.25) is 0 Å². The molecule has 0 bridgehead atoms. The third-order valence-corrected chi connectivity index (χ3v) is 22.1. The molecule has 0 radical (unpaired) electrons. The molecule has 0 unspecified atom stereocenters. The lowest BCUT2D eigenvalue weighted by molar-refractivity contribution is -0.175. The van der Waals surface area contributed by atoms with Gasteiger partial charge in [0.25, 0.3) is 16.6 Å². The Morgan fingerprint density at radius 3 is 1.00 bits per heavy atom. The van der Waals surface area contributed by atoms with Crippen LogP contribution in [0, 0.1) is 0 Å². The first-order valence-corrected chi connectivity index (χ1v) is 26.5. The Morgan fingerprint density at radius 1 is 0.422 bits per heavy atom. The van der Waals surface area contributed by atoms with Crippen molar-refractivity contribution < 1.29 is 37.3 Å². The molecule has 5 aromatic carbocycles. The van der Waals surface area contributed by atoms with Gasteiger partial charge in [0.05, 0.1) is 13.2 Å². The van der Waals surface area contributed by atoms with E-state index in [1.807, 2.05) is 62.4 Å². The second-order valence-corrected chi connectivity index (χ2v) is 26.9. The van der Waals surface area contributed by atoms with E-state index in [2.05, 4.69) is 163 Å². The highest BCUT2D eigenvalue weighted by molar-refractivity contribution is 7.00. The molecule has 7 rings (SSSR count). The lowest BCUT2D eigenvalue weighted by Crippen LogP contribution is -2.67. The Morgan fingerprint density at radius 2 is 0.719 bits per heavy atom. The van der Waals surface area contributed by atoms with Crippen LogP contribution < -0.4 is 30.2 Å². The van der Waals surface area contributed by atoms with Gasteiger partial charge in [0.1, 0.15) is 24.4 Å². The van der Waals surface area contributed by atoms with Crippen LogP contribution in [0.15, 0.2) is 170 Å². The third-order valence-electron chi connectivity index (χ3n) is 12.1. The monoisotopic (exact) mass is 898 g/mol. The third kappa shape index (κ3) is 10.4. The number of hydrogen-bond donors (Lipinski definition) is 0. The second-order valence-electron chi connectivity index (χ2n) is 18.3. The van der Waals surface area contributed by atoms with Crippen molar-refractivity contribution in [2.75, 3.05) is 26.4 Å². The van der Waals surface area contributed by atoms with Crippen LogP contribution in [0.3, 0.4) is 0 Å². The van der Waals surface area contributed by atoms with Gasteiger partial charge in [0.15, 0.2) is 24.1 Å². The number of benzene rings is 5. The van der Waals surface area contributed by atoms with Gasteiger partial charge < -0.3 is 37.3 Å². The molecule has 0 fully saturated rings. The van der Waals surface area contributed by atoms with Crippen molar-refractivity contribution in [1.29, 1.82) is 0 Å². The Labute approximate surface area is 383 Å². The highest BCUT2D eigenvalue weighted by atomic mass is 28.4. The first-order chi connectivity index (χ1) is 30.9. The summed E-state index contributed by atoms with van der Waals surface area (Å²) < 4.78 is 54.0. The molecule has 5 aromatic rings. The van der Waals surface area contributed by atoms with E-state index in [1.165, 1.54) is 20.7 Å². The van der Waals surface area contributed by atoms with Gasteiger partial charge in [-0.3, -0.25) is 0 Å². The molecule has 2 heterocycles. The van der Waals surface area contributed by atoms with Gasteiger partial charge in [-0.15, -0.1) is 0 Å². The second kappa shape index (κ2) is 21.1. The average Bonchev–Trinajstić information content (AvgIpc) is 3.29. The topological polar surface area (TPSA) is 73.8 Å². The summed E-state index contributed by atoms with van der Waals surface area (Å²) in [5.41, 5.74) is 0. The normalized spacial score (nSPS) is 21.7. The molecule has 64 heavy (non-hydrogen) atoms. The SMILES string of the molecule is CCO[C@@H]1C=C[C@H](Oc2ccccc2O[C@H]2C=C[C@@H](OCC)O[C@@H]2CO[Si](c2ccccc2)(c2ccccc2)C(C)(C)C)[C@@H](CO[Si](c2ccccc2)(c2ccccc2)C(C)(C)C)O1. The maximum atomic E-state index is 7.40. The lowest BCUT2D eigenvalue weighted by Gasteiger charge is -2.44. The van der Waals surface area contributed by atoms with Crippen molar-refractivity contribution in [1.82, 2.24) is 0 Å². The Bertz CT molecular complexity index is 2000. The van der Waals surface area contributed by atoms with Gasteiger partial charge in [-0.2, -0.15) is 0 Å². The summed E-state index contributed by atoms with van der Waals surface area (Å²) in [6, 6.07) is 50.3. The first kappa shape index (κ1) is 47.3. The summed E-state index contributed by atoms with van der Waals surface area (Å²) in [7, 11) is -5.80. The van der Waals surface area contributed by atoms with Crippen LogP contribution in [-0.2, 0) is 27.8 Å². The highest BCUT2D eigenvalue weighted by Crippen LogP contribution is 2.40. The zero-order valence-electron chi connectivity index (χ0n) is 38.7. The Hall–Kier alpha value is -4.63. The molecule has 0 aliphatic carbocycles. The fourth-order valence-electron chi connectivity index (χ4n) is 9.13. The molecule has 0 amide bonds. The van der Waals surface area contributed by atoms with Crippen LogP contribution in [0.4, 0.5) is 0 Å². The summed E-state index contributed by atoms with van der Waals surface area (Å²) >= 11 is 0. The molecule has 0 N–H and O–H groups in total. The zero-order chi connectivity index (χ0) is 45.2. The number of hydrogen-bond acceptors (Lipinski definition) is 8. The minimum Gasteiger partial charge on any atom is -0.480 e. The quantitative estimate of drug-likeness (QED) is 0.0638. The van der Waals surface area contributed by atoms with Crippen molar-refractivity contribution in [2.24, 2.45) is 0 Å². The largest absolute Gasteiger partial charge is 0.480 e. The Kier molecular flexibility index (Phi) is 15.6. The van der Waals surface area contributed by atoms with E-state index >= 15 is 0 Å². The molecule has 8 nitrogen and oxygen atoms in total. The number of rotatable bonds is 18. The van der Waals surface area contributed by atoms with Gasteiger partial charge >= 0.3 is 0 Å². The predicted molar refractivity (Wildman–Crippen MR) is 261 cm³/mol. The molecule has 338 valence electrons. The number of para-hydroxylation sites is 2. The molecule has 2 aliphatic rings. The van der Waals surface area contributed by atoms with E-state index in [9.17, 15) is 0 Å². The maximum Gasteiger partial charge on any atom is 0.261 e. The van der Waals surface area contributed by atoms with E-state index in [0.717, 1.165) is 0 Å². The molecule has 0 spiro atoms. The highest BCUT2D eigenvalue weighted by Gasteiger charge is 2.52. The van der Waals surface area contributed by atoms with Crippen molar-refractivity contribution >= 4 is 37.4 Å². The summed E-state index contributed by atoms with van der Waals surface area (Å²) in [6.07, 6.45) is 4.76. The van der Waals surface area contributed by atoms with Crippen LogP contribution in [0.5, 0.6) is 11.5 Å². The minimum atomic E-state index is -2.90. The van der Waals surface area contributed by atoms with Gasteiger partial charge in [-0.05, 0) is 81.1 Å². The van der Waals surface area contributed by atoms with Crippen molar-refractivity contribution in [3.63, 3.8) is 0 Å². The van der Waals surface area contributed by atoms with E-state index in [4.69, 9.17) is 37.3 Å². The van der Waals surface area contributed by atoms with Gasteiger partial charge in [-0.25, -0.2) is 0 Å². The molecule has 10 heteroatoms. The first-order valence-electron chi connectivity index (χ1n) is 22.7. The van der Waals surface area contributed by atoms with E-state index < -0.39 is 53.6 Å². The molecule has 0 saturated carbocycles. The molecule has 6 atom stereocenters. The van der Waals surface area contributed by atoms with Gasteiger partial charge in [-0.1, -0.05) is 175 Å². The van der Waals surface area contributed by atoms with E-state index in [1.54, 1.807) is 0 Å². The van der Waals surface area contributed by atoms with E-state index in [-0.39, 0.29) is 23.3 Å². The summed E-state index contributed by atoms with van der Waals surface area (Å²) in [5, 5.41) is 4.34. The van der Waals surface area contributed by atoms with Crippen molar-refractivity contribution in [3.8, 4) is 11.5 Å². The number of ether oxygens (including phenoxy) is 6. The maximum absolute atomic E-state index is 7.40. The fraction of sp³-hybridized carbons (Fsp3) is 0.370. The summed E-state index contributed by atoms with van der Waals surface area (Å²) in [6.45, 7) is 19.1. The Balaban J connectivity index is 1.18. The standard InChI is InChI=1S/C54H66O8Si2/c1-9-55-51-37-35-47(49(61-51)39-57-63(53(3,4)5,41-25-15-11-16-26-41)42-27-17-12-18-28-42)59-45-33-23-24-34-46(45)60-48-36-38-52(56-10-2)62-50(48)40-58-64(54(6,7)8,43-29-19-13-20-30-43)44-31-21-14-22-32-44/h11-38,47-52H,9-10,39-40H2,1-8H3/t47-,48-,49+,50+,51-,52-/m0/s1. The summed E-state index contributed by atoms with van der Waals surface area (Å²) in [5.74, 6) is 1.14. The van der Waals surface area contributed by atoms with E-state index in [0.29, 0.717) is 24.7 Å². The fourth-order valence-corrected chi connectivity index (χ4v) is 18.3. The predicted octanol–water partition coefficient (Wildman–Crippen LogP) is 8.97. The van der Waals surface area contributed by atoms with Crippen LogP contribution in [-0.4, -0.2) is 80.1 Å². The molecular formula is C54H66O8Si2. The summed E-state index contributed by atoms with van der Waals surface area (Å²) in [4.78, 5) is 0. The zero-order valence-corrected chi connectivity index (χ0v) is 40.7. The minimum absolute atomic E-state index is 0.218. The average molecular weight is 899 g/mol. The molecular weight excluding hydrogens is 833 g/mol. The van der Waals surface area contributed by atoms with Crippen molar-refractivity contribution in [3.05, 3.63) is 170 Å². The smallest absolute Gasteiger partial charge is 0.261 e. The molecule has 0 aromatic heterocycles. The van der Waals surface area contributed by atoms with Crippen LogP contribution in [0.2, 0.25) is 10.1 Å². The van der Waals surface area contributed by atoms with Crippen LogP contribution in [0.25, 0.3) is 0 Å². The van der Waals surface area contributed by atoms with Crippen LogP contribution in [0.1, 0.15) is 55.4 Å². The van der Waals surface area contributed by atoms with Gasteiger partial charge in [0, 0.05) is 13.2 Å². The molecule has 0 saturated heterocycles. The lowest BCUT2D eigenvalue weighted by atomic mass is 10.1. The van der Waals surface area contributed by atoms with Crippen LogP contribution >= 0.6 is 0 Å². The molecule has 2 aliphatic heterocycles.